The van der Waals surface area contributed by atoms with Gasteiger partial charge < -0.3 is 10.2 Å². The molecular weight excluding hydrogens is 205 g/mol. The van der Waals surface area contributed by atoms with Gasteiger partial charge in [-0.15, -0.1) is 0 Å². The number of hydrogen-bond donors (Lipinski definition) is 1. The van der Waals surface area contributed by atoms with Crippen molar-refractivity contribution in [2.45, 2.75) is 32.0 Å². The summed E-state index contributed by atoms with van der Waals surface area (Å²) < 4.78 is 36.1. The average Bonchev–Trinajstić information content (AvgIpc) is 2.14. The van der Waals surface area contributed by atoms with Gasteiger partial charge in [-0.25, -0.2) is 0 Å². The number of rotatable bonds is 3. The van der Waals surface area contributed by atoms with Crippen LogP contribution >= 0.6 is 0 Å². The highest BCUT2D eigenvalue weighted by Crippen LogP contribution is 2.22. The normalized spacial score (nSPS) is 28.4. The first kappa shape index (κ1) is 12.8. The lowest BCUT2D eigenvalue weighted by Crippen LogP contribution is -2.49. The Hall–Kier alpha value is -0.290. The minimum Gasteiger partial charge on any atom is -0.315 e. The standard InChI is InChI=1S/C10H19F3N2/c1-8-3-5-14-7-9(8)15(2)6-4-10(11,12)13/h8-9,14H,3-7H2,1-2H3. The molecule has 0 aromatic heterocycles. The van der Waals surface area contributed by atoms with E-state index < -0.39 is 12.6 Å². The van der Waals surface area contributed by atoms with E-state index in [2.05, 4.69) is 12.2 Å². The first-order chi connectivity index (χ1) is 6.90. The van der Waals surface area contributed by atoms with Crippen molar-refractivity contribution in [1.82, 2.24) is 10.2 Å². The number of hydrogen-bond acceptors (Lipinski definition) is 2. The molecule has 2 unspecified atom stereocenters. The van der Waals surface area contributed by atoms with Crippen molar-refractivity contribution in [2.24, 2.45) is 5.92 Å². The lowest BCUT2D eigenvalue weighted by Gasteiger charge is -2.36. The Morgan fingerprint density at radius 2 is 2.07 bits per heavy atom. The van der Waals surface area contributed by atoms with E-state index in [1.165, 1.54) is 0 Å². The van der Waals surface area contributed by atoms with Crippen molar-refractivity contribution in [3.05, 3.63) is 0 Å². The first-order valence-corrected chi connectivity index (χ1v) is 5.38. The summed E-state index contributed by atoms with van der Waals surface area (Å²) in [6.07, 6.45) is -3.71. The van der Waals surface area contributed by atoms with Gasteiger partial charge in [0.15, 0.2) is 0 Å². The summed E-state index contributed by atoms with van der Waals surface area (Å²) in [6, 6.07) is 0.237. The largest absolute Gasteiger partial charge is 0.390 e. The Morgan fingerprint density at radius 1 is 1.40 bits per heavy atom. The second-order valence-electron chi connectivity index (χ2n) is 4.38. The third-order valence-electron chi connectivity index (χ3n) is 3.10. The molecule has 1 fully saturated rings. The van der Waals surface area contributed by atoms with Crippen LogP contribution in [-0.4, -0.2) is 43.8 Å². The number of piperidine rings is 1. The molecule has 90 valence electrons. The maximum absolute atomic E-state index is 12.0. The molecule has 0 bridgehead atoms. The summed E-state index contributed by atoms with van der Waals surface area (Å²) in [4.78, 5) is 1.82. The molecular formula is C10H19F3N2. The fraction of sp³-hybridized carbons (Fsp3) is 1.00. The van der Waals surface area contributed by atoms with Crippen molar-refractivity contribution in [3.63, 3.8) is 0 Å². The van der Waals surface area contributed by atoms with Gasteiger partial charge >= 0.3 is 6.18 Å². The highest BCUT2D eigenvalue weighted by Gasteiger charge is 2.30. The molecule has 1 aliphatic heterocycles. The lowest BCUT2D eigenvalue weighted by molar-refractivity contribution is -0.138. The van der Waals surface area contributed by atoms with E-state index in [-0.39, 0.29) is 12.6 Å². The van der Waals surface area contributed by atoms with Gasteiger partial charge in [0.2, 0.25) is 0 Å². The molecule has 1 aliphatic rings. The summed E-state index contributed by atoms with van der Waals surface area (Å²) >= 11 is 0. The second-order valence-corrected chi connectivity index (χ2v) is 4.38. The number of halogens is 3. The summed E-state index contributed by atoms with van der Waals surface area (Å²) in [5.41, 5.74) is 0. The zero-order valence-corrected chi connectivity index (χ0v) is 9.27. The fourth-order valence-electron chi connectivity index (χ4n) is 2.03. The van der Waals surface area contributed by atoms with Crippen LogP contribution in [0, 0.1) is 5.92 Å². The minimum atomic E-state index is -4.04. The summed E-state index contributed by atoms with van der Waals surface area (Å²) in [5.74, 6) is 0.476. The quantitative estimate of drug-likeness (QED) is 0.787. The number of nitrogens with zero attached hydrogens (tertiary/aromatic N) is 1. The summed E-state index contributed by atoms with van der Waals surface area (Å²) in [7, 11) is 1.78. The van der Waals surface area contributed by atoms with Crippen LogP contribution in [0.2, 0.25) is 0 Å². The van der Waals surface area contributed by atoms with Crippen molar-refractivity contribution < 1.29 is 13.2 Å². The number of nitrogens with one attached hydrogen (secondary N) is 1. The number of alkyl halides is 3. The van der Waals surface area contributed by atoms with Gasteiger partial charge in [-0.2, -0.15) is 13.2 Å². The zero-order chi connectivity index (χ0) is 11.5. The van der Waals surface area contributed by atoms with Gasteiger partial charge in [-0.1, -0.05) is 6.92 Å². The van der Waals surface area contributed by atoms with Gasteiger partial charge in [0.1, 0.15) is 0 Å². The van der Waals surface area contributed by atoms with E-state index in [9.17, 15) is 13.2 Å². The molecule has 0 radical (unpaired) electrons. The summed E-state index contributed by atoms with van der Waals surface area (Å²) in [6.45, 7) is 3.98. The van der Waals surface area contributed by atoms with Gasteiger partial charge in [0.05, 0.1) is 6.42 Å². The Balaban J connectivity index is 2.35. The van der Waals surface area contributed by atoms with E-state index in [4.69, 9.17) is 0 Å². The van der Waals surface area contributed by atoms with E-state index in [1.54, 1.807) is 7.05 Å². The molecule has 15 heavy (non-hydrogen) atoms. The molecule has 0 saturated carbocycles. The van der Waals surface area contributed by atoms with Crippen LogP contribution < -0.4 is 5.32 Å². The van der Waals surface area contributed by atoms with E-state index >= 15 is 0 Å². The second kappa shape index (κ2) is 5.16. The molecule has 5 heteroatoms. The summed E-state index contributed by atoms with van der Waals surface area (Å²) in [5, 5.41) is 3.22. The van der Waals surface area contributed by atoms with Crippen LogP contribution in [0.1, 0.15) is 19.8 Å². The van der Waals surface area contributed by atoms with Gasteiger partial charge in [0, 0.05) is 19.1 Å². The smallest absolute Gasteiger partial charge is 0.315 e. The van der Waals surface area contributed by atoms with Crippen LogP contribution in [0.25, 0.3) is 0 Å². The van der Waals surface area contributed by atoms with E-state index in [0.29, 0.717) is 5.92 Å². The number of likely N-dealkylation sites (N-methyl/N-ethyl adjacent to an activating group) is 1. The van der Waals surface area contributed by atoms with Gasteiger partial charge in [-0.3, -0.25) is 0 Å². The Labute approximate surface area is 88.8 Å². The Kier molecular flexibility index (Phi) is 4.40. The molecule has 1 rings (SSSR count). The minimum absolute atomic E-state index is 0.0974. The molecule has 0 aromatic carbocycles. The van der Waals surface area contributed by atoms with Gasteiger partial charge in [-0.05, 0) is 25.9 Å². The molecule has 0 aliphatic carbocycles. The van der Waals surface area contributed by atoms with Crippen molar-refractivity contribution in [2.75, 3.05) is 26.7 Å². The molecule has 0 spiro atoms. The lowest BCUT2D eigenvalue weighted by atomic mass is 9.93. The predicted molar refractivity (Wildman–Crippen MR) is 53.7 cm³/mol. The van der Waals surface area contributed by atoms with Crippen LogP contribution in [0.5, 0.6) is 0 Å². The van der Waals surface area contributed by atoms with Crippen LogP contribution in [0.3, 0.4) is 0 Å². The molecule has 2 atom stereocenters. The van der Waals surface area contributed by atoms with E-state index in [0.717, 1.165) is 19.5 Å². The van der Waals surface area contributed by atoms with E-state index in [1.807, 2.05) is 4.90 Å². The third kappa shape index (κ3) is 4.38. The first-order valence-electron chi connectivity index (χ1n) is 5.38. The predicted octanol–water partition coefficient (Wildman–Crippen LogP) is 1.87. The topological polar surface area (TPSA) is 15.3 Å². The van der Waals surface area contributed by atoms with Gasteiger partial charge in [0.25, 0.3) is 0 Å². The van der Waals surface area contributed by atoms with Crippen molar-refractivity contribution in [1.29, 1.82) is 0 Å². The Bertz CT molecular complexity index is 194. The fourth-order valence-corrected chi connectivity index (χ4v) is 2.03. The maximum Gasteiger partial charge on any atom is 0.390 e. The van der Waals surface area contributed by atoms with Crippen LogP contribution in [0.15, 0.2) is 0 Å². The molecule has 1 saturated heterocycles. The SMILES string of the molecule is CC1CCNCC1N(C)CCC(F)(F)F. The zero-order valence-electron chi connectivity index (χ0n) is 9.27. The van der Waals surface area contributed by atoms with Crippen molar-refractivity contribution in [3.8, 4) is 0 Å². The Morgan fingerprint density at radius 3 is 2.60 bits per heavy atom. The molecule has 2 nitrogen and oxygen atoms in total. The molecule has 0 aromatic rings. The van der Waals surface area contributed by atoms with Crippen molar-refractivity contribution >= 4 is 0 Å². The monoisotopic (exact) mass is 224 g/mol. The molecule has 1 N–H and O–H groups in total. The molecule has 1 heterocycles. The molecule has 0 amide bonds. The van der Waals surface area contributed by atoms with Crippen LogP contribution in [-0.2, 0) is 0 Å². The third-order valence-corrected chi connectivity index (χ3v) is 3.10. The highest BCUT2D eigenvalue weighted by atomic mass is 19.4. The highest BCUT2D eigenvalue weighted by molar-refractivity contribution is 4.82. The average molecular weight is 224 g/mol. The maximum atomic E-state index is 12.0. The van der Waals surface area contributed by atoms with Crippen LogP contribution in [0.4, 0.5) is 13.2 Å².